The first kappa shape index (κ1) is 10.4. The van der Waals surface area contributed by atoms with Crippen molar-refractivity contribution in [3.8, 4) is 0 Å². The van der Waals surface area contributed by atoms with Gasteiger partial charge in [0.15, 0.2) is 0 Å². The molecular formula is C10H11FN2O. The van der Waals surface area contributed by atoms with Crippen molar-refractivity contribution in [2.24, 2.45) is 0 Å². The van der Waals surface area contributed by atoms with Gasteiger partial charge in [-0.25, -0.2) is 4.98 Å². The van der Waals surface area contributed by atoms with E-state index in [9.17, 15) is 9.18 Å². The largest absolute Gasteiger partial charge is 0.345 e. The number of hydrogen-bond acceptors (Lipinski definition) is 2. The molecule has 74 valence electrons. The molecule has 14 heavy (non-hydrogen) atoms. The molecule has 1 N–H and O–H groups in total. The first-order valence-electron chi connectivity index (χ1n) is 4.19. The zero-order valence-corrected chi connectivity index (χ0v) is 7.83. The summed E-state index contributed by atoms with van der Waals surface area (Å²) in [6, 6.07) is 3.92. The molecule has 0 saturated heterocycles. The van der Waals surface area contributed by atoms with Crippen LogP contribution in [0.25, 0.3) is 0 Å². The van der Waals surface area contributed by atoms with E-state index in [4.69, 9.17) is 0 Å². The molecule has 4 heteroatoms. The lowest BCUT2D eigenvalue weighted by molar-refractivity contribution is 0.0941. The van der Waals surface area contributed by atoms with Crippen LogP contribution in [0.3, 0.4) is 0 Å². The summed E-state index contributed by atoms with van der Waals surface area (Å²) in [5, 5.41) is 2.59. The first-order chi connectivity index (χ1) is 6.63. The molecule has 0 aliphatic heterocycles. The number of aromatic nitrogens is 1. The topological polar surface area (TPSA) is 42.0 Å². The highest BCUT2D eigenvalue weighted by Gasteiger charge is 2.08. The third-order valence-electron chi connectivity index (χ3n) is 1.66. The van der Waals surface area contributed by atoms with Gasteiger partial charge in [-0.1, -0.05) is 12.1 Å². The fourth-order valence-electron chi connectivity index (χ4n) is 0.874. The number of pyridine rings is 1. The third-order valence-corrected chi connectivity index (χ3v) is 1.66. The standard InChI is InChI=1S/C10H11FN2O/c1-3-7(2)12-10(14)8-5-4-6-9(11)13-8/h3-7H,1H2,2H3,(H,12,14). The van der Waals surface area contributed by atoms with Gasteiger partial charge in [0, 0.05) is 6.04 Å². The first-order valence-corrected chi connectivity index (χ1v) is 4.19. The van der Waals surface area contributed by atoms with E-state index in [1.54, 1.807) is 13.0 Å². The monoisotopic (exact) mass is 194 g/mol. The van der Waals surface area contributed by atoms with Crippen molar-refractivity contribution in [2.45, 2.75) is 13.0 Å². The highest BCUT2D eigenvalue weighted by Crippen LogP contribution is 1.98. The molecule has 1 heterocycles. The minimum atomic E-state index is -0.663. The summed E-state index contributed by atoms with van der Waals surface area (Å²) in [6.45, 7) is 5.28. The summed E-state index contributed by atoms with van der Waals surface area (Å²) in [7, 11) is 0. The fourth-order valence-corrected chi connectivity index (χ4v) is 0.874. The second kappa shape index (κ2) is 4.50. The summed E-state index contributed by atoms with van der Waals surface area (Å²) in [6.07, 6.45) is 1.58. The van der Waals surface area contributed by atoms with Gasteiger partial charge in [0.25, 0.3) is 5.91 Å². The number of hydrogen-bond donors (Lipinski definition) is 1. The van der Waals surface area contributed by atoms with Crippen molar-refractivity contribution in [1.82, 2.24) is 10.3 Å². The smallest absolute Gasteiger partial charge is 0.270 e. The Bertz CT molecular complexity index is 352. The van der Waals surface area contributed by atoms with E-state index in [1.165, 1.54) is 18.2 Å². The van der Waals surface area contributed by atoms with Crippen LogP contribution in [0.2, 0.25) is 0 Å². The lowest BCUT2D eigenvalue weighted by Gasteiger charge is -2.07. The Morgan fingerprint density at radius 1 is 1.71 bits per heavy atom. The van der Waals surface area contributed by atoms with Gasteiger partial charge < -0.3 is 5.32 Å². The van der Waals surface area contributed by atoms with Gasteiger partial charge in [0.05, 0.1) is 0 Å². The summed E-state index contributed by atoms with van der Waals surface area (Å²) in [5.74, 6) is -1.07. The van der Waals surface area contributed by atoms with Crippen molar-refractivity contribution in [3.05, 3.63) is 42.5 Å². The molecule has 0 radical (unpaired) electrons. The SMILES string of the molecule is C=CC(C)NC(=O)c1cccc(F)n1. The van der Waals surface area contributed by atoms with Crippen LogP contribution >= 0.6 is 0 Å². The average Bonchev–Trinajstić information content (AvgIpc) is 2.17. The third kappa shape index (κ3) is 2.65. The van der Waals surface area contributed by atoms with Gasteiger partial charge in [-0.3, -0.25) is 4.79 Å². The predicted octanol–water partition coefficient (Wildman–Crippen LogP) is 1.52. The molecular weight excluding hydrogens is 183 g/mol. The maximum absolute atomic E-state index is 12.6. The molecule has 0 saturated carbocycles. The highest BCUT2D eigenvalue weighted by atomic mass is 19.1. The molecule has 0 aliphatic carbocycles. The average molecular weight is 194 g/mol. The number of rotatable bonds is 3. The van der Waals surface area contributed by atoms with Crippen LogP contribution in [0.4, 0.5) is 4.39 Å². The summed E-state index contributed by atoms with van der Waals surface area (Å²) in [4.78, 5) is 14.8. The number of amides is 1. The molecule has 0 spiro atoms. The van der Waals surface area contributed by atoms with Gasteiger partial charge in [-0.15, -0.1) is 6.58 Å². The Morgan fingerprint density at radius 2 is 2.43 bits per heavy atom. The van der Waals surface area contributed by atoms with Crippen molar-refractivity contribution in [1.29, 1.82) is 0 Å². The van der Waals surface area contributed by atoms with Crippen LogP contribution in [0.1, 0.15) is 17.4 Å². The van der Waals surface area contributed by atoms with Gasteiger partial charge in [0.1, 0.15) is 5.69 Å². The lowest BCUT2D eigenvalue weighted by Crippen LogP contribution is -2.31. The molecule has 1 rings (SSSR count). The van der Waals surface area contributed by atoms with E-state index < -0.39 is 11.9 Å². The number of carbonyl (C=O) groups excluding carboxylic acids is 1. The van der Waals surface area contributed by atoms with Crippen molar-refractivity contribution >= 4 is 5.91 Å². The van der Waals surface area contributed by atoms with E-state index in [2.05, 4.69) is 16.9 Å². The van der Waals surface area contributed by atoms with E-state index in [-0.39, 0.29) is 11.7 Å². The Kier molecular flexibility index (Phi) is 3.34. The maximum atomic E-state index is 12.6. The molecule has 0 fully saturated rings. The maximum Gasteiger partial charge on any atom is 0.270 e. The van der Waals surface area contributed by atoms with Gasteiger partial charge in [0.2, 0.25) is 5.95 Å². The molecule has 0 bridgehead atoms. The lowest BCUT2D eigenvalue weighted by atomic mass is 10.3. The zero-order chi connectivity index (χ0) is 10.6. The van der Waals surface area contributed by atoms with Crippen LogP contribution in [0.5, 0.6) is 0 Å². The predicted molar refractivity (Wildman–Crippen MR) is 51.3 cm³/mol. The Labute approximate surface area is 81.7 Å². The summed E-state index contributed by atoms with van der Waals surface area (Å²) >= 11 is 0. The molecule has 1 aromatic rings. The fraction of sp³-hybridized carbons (Fsp3) is 0.200. The van der Waals surface area contributed by atoms with Crippen LogP contribution < -0.4 is 5.32 Å². The molecule has 0 aliphatic rings. The molecule has 1 atom stereocenters. The normalized spacial score (nSPS) is 11.9. The van der Waals surface area contributed by atoms with Gasteiger partial charge >= 0.3 is 0 Å². The number of halogens is 1. The summed E-state index contributed by atoms with van der Waals surface area (Å²) in [5.41, 5.74) is 0.0682. The molecule has 3 nitrogen and oxygen atoms in total. The highest BCUT2D eigenvalue weighted by molar-refractivity contribution is 5.92. The molecule has 1 aromatic heterocycles. The van der Waals surface area contributed by atoms with Crippen LogP contribution in [0, 0.1) is 5.95 Å². The van der Waals surface area contributed by atoms with E-state index in [1.807, 2.05) is 0 Å². The number of nitrogens with zero attached hydrogens (tertiary/aromatic N) is 1. The van der Waals surface area contributed by atoms with Crippen LogP contribution in [-0.4, -0.2) is 16.9 Å². The Balaban J connectivity index is 2.74. The van der Waals surface area contributed by atoms with Crippen LogP contribution in [0.15, 0.2) is 30.9 Å². The van der Waals surface area contributed by atoms with Crippen molar-refractivity contribution in [3.63, 3.8) is 0 Å². The second-order valence-corrected chi connectivity index (χ2v) is 2.84. The van der Waals surface area contributed by atoms with E-state index in [0.29, 0.717) is 0 Å². The number of carbonyl (C=O) groups is 1. The van der Waals surface area contributed by atoms with E-state index in [0.717, 1.165) is 0 Å². The van der Waals surface area contributed by atoms with Crippen molar-refractivity contribution < 1.29 is 9.18 Å². The number of nitrogens with one attached hydrogen (secondary N) is 1. The summed E-state index contributed by atoms with van der Waals surface area (Å²) < 4.78 is 12.6. The molecule has 0 aromatic carbocycles. The minimum absolute atomic E-state index is 0.0682. The zero-order valence-electron chi connectivity index (χ0n) is 7.83. The van der Waals surface area contributed by atoms with Gasteiger partial charge in [-0.05, 0) is 19.1 Å². The van der Waals surface area contributed by atoms with Crippen LogP contribution in [-0.2, 0) is 0 Å². The molecule has 1 amide bonds. The minimum Gasteiger partial charge on any atom is -0.345 e. The Morgan fingerprint density at radius 3 is 3.00 bits per heavy atom. The van der Waals surface area contributed by atoms with Gasteiger partial charge in [-0.2, -0.15) is 4.39 Å². The van der Waals surface area contributed by atoms with E-state index >= 15 is 0 Å². The Hall–Kier alpha value is -1.71. The van der Waals surface area contributed by atoms with Crippen molar-refractivity contribution in [2.75, 3.05) is 0 Å². The molecule has 1 unspecified atom stereocenters. The second-order valence-electron chi connectivity index (χ2n) is 2.84. The quantitative estimate of drug-likeness (QED) is 0.585.